The lowest BCUT2D eigenvalue weighted by atomic mass is 10.2. The Morgan fingerprint density at radius 1 is 1.53 bits per heavy atom. The molecule has 0 aliphatic heterocycles. The van der Waals surface area contributed by atoms with E-state index in [-0.39, 0.29) is 18.0 Å². The van der Waals surface area contributed by atoms with E-state index in [2.05, 4.69) is 15.6 Å². The van der Waals surface area contributed by atoms with E-state index >= 15 is 0 Å². The molecule has 0 aromatic carbocycles. The number of hydrogen-bond acceptors (Lipinski definition) is 4. The number of carbonyl (C=O) groups is 1. The second-order valence-corrected chi connectivity index (χ2v) is 3.73. The number of carbonyl (C=O) groups excluding carboxylic acids is 1. The van der Waals surface area contributed by atoms with Crippen molar-refractivity contribution in [1.82, 2.24) is 15.6 Å². The van der Waals surface area contributed by atoms with Crippen LogP contribution in [0.2, 0.25) is 0 Å². The molecule has 2 N–H and O–H groups in total. The van der Waals surface area contributed by atoms with Crippen LogP contribution in [0, 0.1) is 0 Å². The minimum atomic E-state index is -0.238. The zero-order valence-electron chi connectivity index (χ0n) is 9.28. The zero-order chi connectivity index (χ0) is 11.3. The Balaban J connectivity index is 2.29. The van der Waals surface area contributed by atoms with Gasteiger partial charge in [0.2, 0.25) is 5.91 Å². The quantitative estimate of drug-likeness (QED) is 0.751. The molecule has 1 atom stereocenters. The predicted octanol–water partition coefficient (Wildman–Crippen LogP) is 0.677. The Morgan fingerprint density at radius 2 is 2.27 bits per heavy atom. The van der Waals surface area contributed by atoms with Crippen LogP contribution in [-0.4, -0.2) is 23.0 Å². The van der Waals surface area contributed by atoms with Crippen LogP contribution in [0.3, 0.4) is 0 Å². The minimum Gasteiger partial charge on any atom is -0.447 e. The standard InChI is InChI=1S/C10H17N3O2/c1-7(2)13-10(14)8(3)12-5-9-4-11-6-15-9/h4,6-8,12H,5H2,1-3H3,(H,13,14). The molecular weight excluding hydrogens is 194 g/mol. The molecule has 0 spiro atoms. The van der Waals surface area contributed by atoms with Gasteiger partial charge in [0.25, 0.3) is 0 Å². The number of rotatable bonds is 5. The summed E-state index contributed by atoms with van der Waals surface area (Å²) < 4.78 is 5.04. The van der Waals surface area contributed by atoms with Gasteiger partial charge < -0.3 is 9.73 Å². The third-order valence-electron chi connectivity index (χ3n) is 1.89. The van der Waals surface area contributed by atoms with Crippen molar-refractivity contribution in [2.45, 2.75) is 39.4 Å². The van der Waals surface area contributed by atoms with E-state index in [1.54, 1.807) is 6.20 Å². The number of oxazole rings is 1. The third-order valence-corrected chi connectivity index (χ3v) is 1.89. The second kappa shape index (κ2) is 5.50. The average molecular weight is 211 g/mol. The SMILES string of the molecule is CC(C)NC(=O)C(C)NCc1cnco1. The van der Waals surface area contributed by atoms with Crippen LogP contribution < -0.4 is 10.6 Å². The molecule has 0 bridgehead atoms. The topological polar surface area (TPSA) is 67.2 Å². The molecule has 5 heteroatoms. The number of hydrogen-bond donors (Lipinski definition) is 2. The maximum Gasteiger partial charge on any atom is 0.237 e. The Kier molecular flexibility index (Phi) is 4.30. The Hall–Kier alpha value is -1.36. The number of amides is 1. The summed E-state index contributed by atoms with van der Waals surface area (Å²) >= 11 is 0. The molecule has 0 radical (unpaired) electrons. The van der Waals surface area contributed by atoms with Crippen LogP contribution in [0.1, 0.15) is 26.5 Å². The smallest absolute Gasteiger partial charge is 0.237 e. The van der Waals surface area contributed by atoms with E-state index < -0.39 is 0 Å². The van der Waals surface area contributed by atoms with Crippen molar-refractivity contribution < 1.29 is 9.21 Å². The van der Waals surface area contributed by atoms with Gasteiger partial charge in [0, 0.05) is 6.04 Å². The maximum absolute atomic E-state index is 11.5. The molecule has 84 valence electrons. The highest BCUT2D eigenvalue weighted by atomic mass is 16.3. The van der Waals surface area contributed by atoms with Gasteiger partial charge in [-0.2, -0.15) is 0 Å². The Bertz CT molecular complexity index is 296. The largest absolute Gasteiger partial charge is 0.447 e. The number of nitrogens with zero attached hydrogens (tertiary/aromatic N) is 1. The second-order valence-electron chi connectivity index (χ2n) is 3.73. The third kappa shape index (κ3) is 4.12. The van der Waals surface area contributed by atoms with E-state index in [1.165, 1.54) is 6.39 Å². The van der Waals surface area contributed by atoms with Gasteiger partial charge in [0.15, 0.2) is 6.39 Å². The Labute approximate surface area is 89.3 Å². The van der Waals surface area contributed by atoms with Crippen LogP contribution in [0.15, 0.2) is 17.0 Å². The molecule has 0 saturated carbocycles. The summed E-state index contributed by atoms with van der Waals surface area (Å²) in [7, 11) is 0. The van der Waals surface area contributed by atoms with Gasteiger partial charge in [-0.3, -0.25) is 10.1 Å². The molecule has 1 rings (SSSR count). The van der Waals surface area contributed by atoms with Crippen molar-refractivity contribution in [1.29, 1.82) is 0 Å². The molecule has 0 aliphatic rings. The van der Waals surface area contributed by atoms with Crippen LogP contribution in [-0.2, 0) is 11.3 Å². The maximum atomic E-state index is 11.5. The van der Waals surface area contributed by atoms with Crippen molar-refractivity contribution in [2.24, 2.45) is 0 Å². The predicted molar refractivity (Wildman–Crippen MR) is 56.1 cm³/mol. The lowest BCUT2D eigenvalue weighted by Crippen LogP contribution is -2.44. The summed E-state index contributed by atoms with van der Waals surface area (Å²) in [5.41, 5.74) is 0. The minimum absolute atomic E-state index is 0.00971. The summed E-state index contributed by atoms with van der Waals surface area (Å²) in [5, 5.41) is 5.87. The molecule has 1 heterocycles. The molecule has 0 aliphatic carbocycles. The first-order valence-corrected chi connectivity index (χ1v) is 5.00. The average Bonchev–Trinajstić information content (AvgIpc) is 2.65. The Morgan fingerprint density at radius 3 is 2.80 bits per heavy atom. The summed E-state index contributed by atoms with van der Waals surface area (Å²) in [4.78, 5) is 15.3. The van der Waals surface area contributed by atoms with Crippen molar-refractivity contribution in [3.8, 4) is 0 Å². The van der Waals surface area contributed by atoms with E-state index in [0.29, 0.717) is 6.54 Å². The summed E-state index contributed by atoms with van der Waals surface area (Å²) in [6, 6.07) is -0.0791. The summed E-state index contributed by atoms with van der Waals surface area (Å²) in [6.07, 6.45) is 3.00. The fourth-order valence-corrected chi connectivity index (χ4v) is 1.09. The molecule has 1 aromatic rings. The zero-order valence-corrected chi connectivity index (χ0v) is 9.28. The first kappa shape index (κ1) is 11.7. The fraction of sp³-hybridized carbons (Fsp3) is 0.600. The molecule has 1 amide bonds. The molecular formula is C10H17N3O2. The van der Waals surface area contributed by atoms with E-state index in [0.717, 1.165) is 5.76 Å². The van der Waals surface area contributed by atoms with Gasteiger partial charge in [-0.15, -0.1) is 0 Å². The van der Waals surface area contributed by atoms with Crippen molar-refractivity contribution in [2.75, 3.05) is 0 Å². The number of aromatic nitrogens is 1. The molecule has 5 nitrogen and oxygen atoms in total. The van der Waals surface area contributed by atoms with Crippen LogP contribution >= 0.6 is 0 Å². The number of nitrogens with one attached hydrogen (secondary N) is 2. The molecule has 0 fully saturated rings. The van der Waals surface area contributed by atoms with Gasteiger partial charge in [0.05, 0.1) is 18.8 Å². The van der Waals surface area contributed by atoms with E-state index in [4.69, 9.17) is 4.42 Å². The molecule has 15 heavy (non-hydrogen) atoms. The van der Waals surface area contributed by atoms with Gasteiger partial charge in [-0.25, -0.2) is 4.98 Å². The van der Waals surface area contributed by atoms with Crippen molar-refractivity contribution >= 4 is 5.91 Å². The van der Waals surface area contributed by atoms with Gasteiger partial charge >= 0.3 is 0 Å². The molecule has 0 saturated heterocycles. The van der Waals surface area contributed by atoms with Crippen LogP contribution in [0.4, 0.5) is 0 Å². The van der Waals surface area contributed by atoms with Crippen molar-refractivity contribution in [3.05, 3.63) is 18.4 Å². The van der Waals surface area contributed by atoms with Gasteiger partial charge in [-0.05, 0) is 20.8 Å². The summed E-state index contributed by atoms with van der Waals surface area (Å²) in [5.74, 6) is 0.712. The van der Waals surface area contributed by atoms with E-state index in [1.807, 2.05) is 20.8 Å². The first-order chi connectivity index (χ1) is 7.09. The lowest BCUT2D eigenvalue weighted by molar-refractivity contribution is -0.123. The van der Waals surface area contributed by atoms with Crippen LogP contribution in [0.5, 0.6) is 0 Å². The highest BCUT2D eigenvalue weighted by molar-refractivity contribution is 5.81. The van der Waals surface area contributed by atoms with E-state index in [9.17, 15) is 4.79 Å². The van der Waals surface area contributed by atoms with Gasteiger partial charge in [-0.1, -0.05) is 0 Å². The lowest BCUT2D eigenvalue weighted by Gasteiger charge is -2.15. The molecule has 1 unspecified atom stereocenters. The highest BCUT2D eigenvalue weighted by Crippen LogP contribution is 1.96. The fourth-order valence-electron chi connectivity index (χ4n) is 1.09. The van der Waals surface area contributed by atoms with Crippen LogP contribution in [0.25, 0.3) is 0 Å². The normalized spacial score (nSPS) is 12.8. The monoisotopic (exact) mass is 211 g/mol. The first-order valence-electron chi connectivity index (χ1n) is 5.00. The molecule has 1 aromatic heterocycles. The van der Waals surface area contributed by atoms with Crippen molar-refractivity contribution in [3.63, 3.8) is 0 Å². The summed E-state index contributed by atoms with van der Waals surface area (Å²) in [6.45, 7) is 6.18. The highest BCUT2D eigenvalue weighted by Gasteiger charge is 2.12. The van der Waals surface area contributed by atoms with Gasteiger partial charge in [0.1, 0.15) is 5.76 Å².